The van der Waals surface area contributed by atoms with Gasteiger partial charge in [0.25, 0.3) is 0 Å². The molecule has 20 heavy (non-hydrogen) atoms. The first-order valence-corrected chi connectivity index (χ1v) is 7.18. The van der Waals surface area contributed by atoms with E-state index in [0.717, 1.165) is 26.3 Å². The summed E-state index contributed by atoms with van der Waals surface area (Å²) in [4.78, 5) is 1.05. The molecule has 0 amide bonds. The molecule has 0 fully saturated rings. The number of hydrogen-bond acceptors (Lipinski definition) is 5. The second-order valence-corrected chi connectivity index (χ2v) is 5.50. The van der Waals surface area contributed by atoms with Crippen LogP contribution < -0.4 is 5.73 Å². The molecule has 4 N–H and O–H groups in total. The first-order chi connectivity index (χ1) is 9.31. The summed E-state index contributed by atoms with van der Waals surface area (Å²) >= 11 is 1.60. The van der Waals surface area contributed by atoms with Crippen LogP contribution in [-0.2, 0) is 5.81 Å². The Hall–Kier alpha value is -1.70. The normalized spacial score (nSPS) is 11.6. The standard InChI is InChI=1S/C13H16BN3O2S/c1-8(15)9-3-10(5-12(4-9)20-2)11-6-16-17(7-11)13(14,18)19/h3-7,18-19H,1,14-15H2,2H3. The van der Waals surface area contributed by atoms with Crippen LogP contribution in [0.15, 0.2) is 42.1 Å². The molecular weight excluding hydrogens is 273 g/mol. The number of benzene rings is 1. The molecule has 0 bridgehead atoms. The van der Waals surface area contributed by atoms with Gasteiger partial charge in [0.05, 0.1) is 6.20 Å². The van der Waals surface area contributed by atoms with Crippen molar-refractivity contribution in [3.8, 4) is 11.1 Å². The molecule has 1 aromatic carbocycles. The Labute approximate surface area is 122 Å². The molecule has 104 valence electrons. The topological polar surface area (TPSA) is 84.3 Å². The number of nitrogens with two attached hydrogens (primary N) is 1. The van der Waals surface area contributed by atoms with Gasteiger partial charge in [0.1, 0.15) is 0 Å². The number of hydrogen-bond donors (Lipinski definition) is 3. The lowest BCUT2D eigenvalue weighted by atomic mass is 10.0. The van der Waals surface area contributed by atoms with Crippen LogP contribution in [0.25, 0.3) is 16.8 Å². The summed E-state index contributed by atoms with van der Waals surface area (Å²) in [5.41, 5.74) is 8.76. The number of aromatic nitrogens is 2. The molecule has 1 aromatic heterocycles. The molecule has 0 saturated carbocycles. The zero-order valence-electron chi connectivity index (χ0n) is 11.4. The fourth-order valence-corrected chi connectivity index (χ4v) is 2.26. The molecule has 0 saturated heterocycles. The molecule has 0 aliphatic rings. The molecule has 0 atom stereocenters. The second kappa shape index (κ2) is 5.36. The molecule has 2 rings (SSSR count). The average Bonchev–Trinajstić information content (AvgIpc) is 2.87. The molecule has 0 spiro atoms. The molecule has 0 radical (unpaired) electrons. The monoisotopic (exact) mass is 289 g/mol. The van der Waals surface area contributed by atoms with Crippen LogP contribution >= 0.6 is 11.8 Å². The lowest BCUT2D eigenvalue weighted by Gasteiger charge is -2.16. The van der Waals surface area contributed by atoms with E-state index in [0.29, 0.717) is 5.70 Å². The van der Waals surface area contributed by atoms with Gasteiger partial charge in [-0.3, -0.25) is 0 Å². The van der Waals surface area contributed by atoms with E-state index in [1.165, 1.54) is 7.85 Å². The Morgan fingerprint density at radius 1 is 1.40 bits per heavy atom. The van der Waals surface area contributed by atoms with Crippen molar-refractivity contribution >= 4 is 25.3 Å². The Morgan fingerprint density at radius 3 is 2.60 bits per heavy atom. The quantitative estimate of drug-likeness (QED) is 0.431. The highest BCUT2D eigenvalue weighted by Gasteiger charge is 2.19. The van der Waals surface area contributed by atoms with Gasteiger partial charge < -0.3 is 15.9 Å². The molecule has 0 aliphatic carbocycles. The van der Waals surface area contributed by atoms with E-state index in [2.05, 4.69) is 11.7 Å². The van der Waals surface area contributed by atoms with Gasteiger partial charge in [-0.1, -0.05) is 6.58 Å². The predicted octanol–water partition coefficient (Wildman–Crippen LogP) is 0.387. The van der Waals surface area contributed by atoms with Gasteiger partial charge in [-0.2, -0.15) is 5.10 Å². The summed E-state index contributed by atoms with van der Waals surface area (Å²) in [7, 11) is 1.25. The fourth-order valence-electron chi connectivity index (χ4n) is 1.77. The minimum Gasteiger partial charge on any atom is -0.399 e. The Morgan fingerprint density at radius 2 is 2.10 bits per heavy atom. The fraction of sp³-hybridized carbons (Fsp3) is 0.154. The van der Waals surface area contributed by atoms with E-state index in [4.69, 9.17) is 5.73 Å². The Kier molecular flexibility index (Phi) is 3.94. The van der Waals surface area contributed by atoms with Crippen molar-refractivity contribution in [3.63, 3.8) is 0 Å². The summed E-state index contributed by atoms with van der Waals surface area (Å²) in [6, 6.07) is 5.85. The van der Waals surface area contributed by atoms with E-state index in [1.54, 1.807) is 24.2 Å². The van der Waals surface area contributed by atoms with Crippen molar-refractivity contribution in [3.05, 3.63) is 42.7 Å². The summed E-state index contributed by atoms with van der Waals surface area (Å²) in [6.07, 6.45) is 5.12. The number of rotatable bonds is 4. The summed E-state index contributed by atoms with van der Waals surface area (Å²) in [5.74, 6) is -2.02. The largest absolute Gasteiger partial charge is 0.399 e. The smallest absolute Gasteiger partial charge is 0.215 e. The van der Waals surface area contributed by atoms with Gasteiger partial charge in [0.15, 0.2) is 0 Å². The highest BCUT2D eigenvalue weighted by Crippen LogP contribution is 2.28. The van der Waals surface area contributed by atoms with Gasteiger partial charge in [-0.25, -0.2) is 4.68 Å². The number of aliphatic hydroxyl groups is 2. The second-order valence-electron chi connectivity index (χ2n) is 4.62. The molecule has 0 unspecified atom stereocenters. The lowest BCUT2D eigenvalue weighted by Crippen LogP contribution is -2.33. The van der Waals surface area contributed by atoms with Crippen LogP contribution in [0.2, 0.25) is 0 Å². The minimum atomic E-state index is -2.02. The molecule has 0 aliphatic heterocycles. The van der Waals surface area contributed by atoms with Crippen molar-refractivity contribution in [2.45, 2.75) is 10.7 Å². The number of nitrogens with zero attached hydrogens (tertiary/aromatic N) is 2. The summed E-state index contributed by atoms with van der Waals surface area (Å²) in [5, 5.41) is 23.0. The third kappa shape index (κ3) is 3.06. The van der Waals surface area contributed by atoms with Gasteiger partial charge in [-0.15, -0.1) is 11.8 Å². The average molecular weight is 289 g/mol. The van der Waals surface area contributed by atoms with Crippen LogP contribution in [0, 0.1) is 0 Å². The third-order valence-corrected chi connectivity index (χ3v) is 3.57. The zero-order valence-corrected chi connectivity index (χ0v) is 12.2. The molecule has 2 aromatic rings. The van der Waals surface area contributed by atoms with Crippen molar-refractivity contribution in [2.24, 2.45) is 5.73 Å². The molecule has 7 heteroatoms. The highest BCUT2D eigenvalue weighted by molar-refractivity contribution is 7.98. The zero-order chi connectivity index (χ0) is 14.9. The molecule has 1 heterocycles. The Balaban J connectivity index is 2.49. The predicted molar refractivity (Wildman–Crippen MR) is 83.6 cm³/mol. The van der Waals surface area contributed by atoms with Crippen molar-refractivity contribution in [1.82, 2.24) is 9.78 Å². The third-order valence-electron chi connectivity index (χ3n) is 2.86. The van der Waals surface area contributed by atoms with Crippen molar-refractivity contribution < 1.29 is 10.2 Å². The van der Waals surface area contributed by atoms with E-state index in [-0.39, 0.29) is 0 Å². The summed E-state index contributed by atoms with van der Waals surface area (Å²) in [6.45, 7) is 3.75. The highest BCUT2D eigenvalue weighted by atomic mass is 32.2. The van der Waals surface area contributed by atoms with Crippen LogP contribution in [0.4, 0.5) is 0 Å². The van der Waals surface area contributed by atoms with Crippen LogP contribution in [0.1, 0.15) is 5.56 Å². The first-order valence-electron chi connectivity index (χ1n) is 5.95. The Bertz CT molecular complexity index is 649. The van der Waals surface area contributed by atoms with Crippen molar-refractivity contribution in [1.29, 1.82) is 0 Å². The lowest BCUT2D eigenvalue weighted by molar-refractivity contribution is -0.160. The van der Waals surface area contributed by atoms with E-state index >= 15 is 0 Å². The number of thioether (sulfide) groups is 1. The van der Waals surface area contributed by atoms with Gasteiger partial charge in [0.2, 0.25) is 13.7 Å². The van der Waals surface area contributed by atoms with Gasteiger partial charge in [-0.05, 0) is 35.6 Å². The van der Waals surface area contributed by atoms with E-state index < -0.39 is 5.81 Å². The SMILES string of the molecule is BC(O)(O)n1cc(-c2cc(SC)cc(C(=C)N)c2)cn1. The maximum Gasteiger partial charge on any atom is 0.215 e. The van der Waals surface area contributed by atoms with Crippen LogP contribution in [0.5, 0.6) is 0 Å². The van der Waals surface area contributed by atoms with E-state index in [9.17, 15) is 10.2 Å². The van der Waals surface area contributed by atoms with E-state index in [1.807, 2.05) is 24.5 Å². The van der Waals surface area contributed by atoms with Crippen LogP contribution in [-0.4, -0.2) is 34.1 Å². The van der Waals surface area contributed by atoms with Crippen LogP contribution in [0.3, 0.4) is 0 Å². The minimum absolute atomic E-state index is 0.490. The molecule has 5 nitrogen and oxygen atoms in total. The molecular formula is C13H16BN3O2S. The maximum atomic E-state index is 9.51. The first kappa shape index (κ1) is 14.7. The maximum absolute atomic E-state index is 9.51. The van der Waals surface area contributed by atoms with Gasteiger partial charge >= 0.3 is 0 Å². The van der Waals surface area contributed by atoms with Gasteiger partial charge in [0, 0.05) is 22.4 Å². The van der Waals surface area contributed by atoms with Crippen molar-refractivity contribution in [2.75, 3.05) is 6.26 Å². The summed E-state index contributed by atoms with van der Waals surface area (Å²) < 4.78 is 1.09.